The Morgan fingerprint density at radius 3 is 2.52 bits per heavy atom. The van der Waals surface area contributed by atoms with Crippen LogP contribution in [0.5, 0.6) is 11.5 Å². The van der Waals surface area contributed by atoms with E-state index in [1.54, 1.807) is 20.5 Å². The Morgan fingerprint density at radius 1 is 1.03 bits per heavy atom. The van der Waals surface area contributed by atoms with Crippen molar-refractivity contribution in [2.45, 2.75) is 13.1 Å². The summed E-state index contributed by atoms with van der Waals surface area (Å²) in [6, 6.07) is 16.0. The number of nitrogens with one attached hydrogen (secondary N) is 1. The van der Waals surface area contributed by atoms with Crippen molar-refractivity contribution in [3.8, 4) is 17.2 Å². The highest BCUT2D eigenvalue weighted by Crippen LogP contribution is 2.25. The minimum atomic E-state index is 0.544. The summed E-state index contributed by atoms with van der Waals surface area (Å²) in [4.78, 5) is 9.20. The van der Waals surface area contributed by atoms with Crippen LogP contribution < -0.4 is 14.8 Å². The molecule has 174 valence electrons. The number of rotatable bonds is 7. The van der Waals surface area contributed by atoms with Crippen LogP contribution in [-0.2, 0) is 13.1 Å². The third-order valence-corrected chi connectivity index (χ3v) is 5.82. The standard InChI is InChI=1S/C24H31N7O2/c1-25-24(26-16-23-28-27-18-31(23)20-7-5-4-6-8-20)30-13-11-29(12-14-30)17-19-15-21(32-2)9-10-22(19)33-3/h4-10,15,18H,11-14,16-17H2,1-3H3,(H,25,26). The van der Waals surface area contributed by atoms with E-state index in [0.717, 1.165) is 67.3 Å². The molecule has 2 aromatic carbocycles. The number of methoxy groups -OCH3 is 2. The van der Waals surface area contributed by atoms with Gasteiger partial charge in [-0.05, 0) is 30.3 Å². The second-order valence-corrected chi connectivity index (χ2v) is 7.79. The number of guanidine groups is 1. The van der Waals surface area contributed by atoms with Crippen molar-refractivity contribution in [3.05, 3.63) is 66.2 Å². The van der Waals surface area contributed by atoms with Crippen LogP contribution in [0, 0.1) is 0 Å². The first kappa shape index (κ1) is 22.6. The van der Waals surface area contributed by atoms with E-state index in [9.17, 15) is 0 Å². The van der Waals surface area contributed by atoms with E-state index in [1.165, 1.54) is 0 Å². The van der Waals surface area contributed by atoms with Crippen LogP contribution in [0.4, 0.5) is 0 Å². The third-order valence-electron chi connectivity index (χ3n) is 5.82. The van der Waals surface area contributed by atoms with Gasteiger partial charge >= 0.3 is 0 Å². The van der Waals surface area contributed by atoms with Crippen LogP contribution in [0.25, 0.3) is 5.69 Å². The molecule has 9 heteroatoms. The van der Waals surface area contributed by atoms with Gasteiger partial charge in [0.25, 0.3) is 0 Å². The van der Waals surface area contributed by atoms with Gasteiger partial charge in [0.15, 0.2) is 11.8 Å². The van der Waals surface area contributed by atoms with Crippen LogP contribution in [0.3, 0.4) is 0 Å². The van der Waals surface area contributed by atoms with Crippen LogP contribution in [0.1, 0.15) is 11.4 Å². The molecule has 4 rings (SSSR count). The maximum Gasteiger partial charge on any atom is 0.194 e. The molecule has 0 saturated carbocycles. The van der Waals surface area contributed by atoms with E-state index in [2.05, 4.69) is 36.4 Å². The summed E-state index contributed by atoms with van der Waals surface area (Å²) < 4.78 is 12.9. The van der Waals surface area contributed by atoms with E-state index in [-0.39, 0.29) is 0 Å². The molecule has 0 spiro atoms. The second-order valence-electron chi connectivity index (χ2n) is 7.79. The van der Waals surface area contributed by atoms with Crippen LogP contribution >= 0.6 is 0 Å². The van der Waals surface area contributed by atoms with Crippen LogP contribution in [-0.4, -0.2) is 78.0 Å². The predicted octanol–water partition coefficient (Wildman–Crippen LogP) is 2.18. The SMILES string of the molecule is CN=C(NCc1nncn1-c1ccccc1)N1CCN(Cc2cc(OC)ccc2OC)CC1. The number of ether oxygens (including phenoxy) is 2. The predicted molar refractivity (Wildman–Crippen MR) is 128 cm³/mol. The highest BCUT2D eigenvalue weighted by atomic mass is 16.5. The van der Waals surface area contributed by atoms with Gasteiger partial charge in [-0.15, -0.1) is 10.2 Å². The summed E-state index contributed by atoms with van der Waals surface area (Å²) in [5.41, 5.74) is 2.17. The van der Waals surface area contributed by atoms with E-state index < -0.39 is 0 Å². The molecule has 0 radical (unpaired) electrons. The molecule has 1 aliphatic heterocycles. The van der Waals surface area contributed by atoms with E-state index in [4.69, 9.17) is 9.47 Å². The first-order valence-corrected chi connectivity index (χ1v) is 11.0. The van der Waals surface area contributed by atoms with E-state index in [1.807, 2.05) is 54.1 Å². The molecule has 33 heavy (non-hydrogen) atoms. The van der Waals surface area contributed by atoms with Gasteiger partial charge < -0.3 is 19.7 Å². The lowest BCUT2D eigenvalue weighted by Crippen LogP contribution is -2.52. The smallest absolute Gasteiger partial charge is 0.194 e. The number of aliphatic imine (C=N–C) groups is 1. The lowest BCUT2D eigenvalue weighted by molar-refractivity contribution is 0.171. The fourth-order valence-corrected chi connectivity index (χ4v) is 4.04. The first-order chi connectivity index (χ1) is 16.2. The number of hydrogen-bond donors (Lipinski definition) is 1. The van der Waals surface area contributed by atoms with Gasteiger partial charge in [0, 0.05) is 51.0 Å². The molecule has 9 nitrogen and oxygen atoms in total. The highest BCUT2D eigenvalue weighted by Gasteiger charge is 2.21. The third kappa shape index (κ3) is 5.43. The van der Waals surface area contributed by atoms with Crippen LogP contribution in [0.15, 0.2) is 59.9 Å². The van der Waals surface area contributed by atoms with E-state index >= 15 is 0 Å². The zero-order chi connectivity index (χ0) is 23.0. The summed E-state index contributed by atoms with van der Waals surface area (Å²) in [5, 5.41) is 11.8. The summed E-state index contributed by atoms with van der Waals surface area (Å²) in [7, 11) is 5.21. The topological polar surface area (TPSA) is 80.0 Å². The normalized spacial score (nSPS) is 14.9. The Hall–Kier alpha value is -3.59. The van der Waals surface area contributed by atoms with Crippen molar-refractivity contribution in [2.75, 3.05) is 47.4 Å². The van der Waals surface area contributed by atoms with Crippen molar-refractivity contribution in [2.24, 2.45) is 4.99 Å². The Labute approximate surface area is 194 Å². The molecule has 0 atom stereocenters. The molecule has 2 heterocycles. The molecular weight excluding hydrogens is 418 g/mol. The average molecular weight is 450 g/mol. The molecule has 1 N–H and O–H groups in total. The molecule has 1 aromatic heterocycles. The van der Waals surface area contributed by atoms with E-state index in [0.29, 0.717) is 6.54 Å². The van der Waals surface area contributed by atoms with Crippen molar-refractivity contribution in [1.82, 2.24) is 29.9 Å². The Balaban J connectivity index is 1.33. The monoisotopic (exact) mass is 449 g/mol. The number of benzene rings is 2. The van der Waals surface area contributed by atoms with Gasteiger partial charge in [0.05, 0.1) is 20.8 Å². The zero-order valence-electron chi connectivity index (χ0n) is 19.4. The molecule has 0 aliphatic carbocycles. The van der Waals surface area contributed by atoms with Gasteiger partial charge in [-0.1, -0.05) is 18.2 Å². The zero-order valence-corrected chi connectivity index (χ0v) is 19.4. The van der Waals surface area contributed by atoms with Crippen molar-refractivity contribution in [3.63, 3.8) is 0 Å². The number of para-hydroxylation sites is 1. The second kappa shape index (κ2) is 10.8. The van der Waals surface area contributed by atoms with Crippen molar-refractivity contribution >= 4 is 5.96 Å². The molecular formula is C24H31N7O2. The van der Waals surface area contributed by atoms with Crippen LogP contribution in [0.2, 0.25) is 0 Å². The number of aromatic nitrogens is 3. The summed E-state index contributed by atoms with van der Waals surface area (Å²) in [6.07, 6.45) is 1.74. The highest BCUT2D eigenvalue weighted by molar-refractivity contribution is 5.79. The first-order valence-electron chi connectivity index (χ1n) is 11.0. The summed E-state index contributed by atoms with van der Waals surface area (Å²) in [6.45, 7) is 5.00. The summed E-state index contributed by atoms with van der Waals surface area (Å²) >= 11 is 0. The Bertz CT molecular complexity index is 1060. The summed E-state index contributed by atoms with van der Waals surface area (Å²) in [5.74, 6) is 3.44. The maximum atomic E-state index is 5.54. The number of piperazine rings is 1. The maximum absolute atomic E-state index is 5.54. The molecule has 3 aromatic rings. The molecule has 0 unspecified atom stereocenters. The number of nitrogens with zero attached hydrogens (tertiary/aromatic N) is 6. The van der Waals surface area contributed by atoms with Gasteiger partial charge in [-0.2, -0.15) is 0 Å². The minimum absolute atomic E-state index is 0.544. The van der Waals surface area contributed by atoms with Gasteiger partial charge in [0.2, 0.25) is 0 Å². The van der Waals surface area contributed by atoms with Gasteiger partial charge in [-0.3, -0.25) is 14.5 Å². The van der Waals surface area contributed by atoms with Crippen molar-refractivity contribution < 1.29 is 9.47 Å². The lowest BCUT2D eigenvalue weighted by Gasteiger charge is -2.36. The average Bonchev–Trinajstić information content (AvgIpc) is 3.34. The number of hydrogen-bond acceptors (Lipinski definition) is 6. The molecule has 0 bridgehead atoms. The molecule has 1 aliphatic rings. The van der Waals surface area contributed by atoms with Gasteiger partial charge in [0.1, 0.15) is 17.8 Å². The molecule has 1 fully saturated rings. The van der Waals surface area contributed by atoms with Gasteiger partial charge in [-0.25, -0.2) is 0 Å². The Kier molecular flexibility index (Phi) is 7.41. The minimum Gasteiger partial charge on any atom is -0.497 e. The fourth-order valence-electron chi connectivity index (χ4n) is 4.04. The Morgan fingerprint density at radius 2 is 1.82 bits per heavy atom. The lowest BCUT2D eigenvalue weighted by atomic mass is 10.1. The fraction of sp³-hybridized carbons (Fsp3) is 0.375. The van der Waals surface area contributed by atoms with Crippen molar-refractivity contribution in [1.29, 1.82) is 0 Å². The molecule has 1 saturated heterocycles. The largest absolute Gasteiger partial charge is 0.497 e. The molecule has 0 amide bonds. The quantitative estimate of drug-likeness (QED) is 0.437.